The van der Waals surface area contributed by atoms with Crippen molar-refractivity contribution in [2.75, 3.05) is 40.5 Å². The number of hydrogen-bond acceptors (Lipinski definition) is 14. The van der Waals surface area contributed by atoms with Crippen molar-refractivity contribution in [1.29, 1.82) is 0 Å². The van der Waals surface area contributed by atoms with Crippen LogP contribution >= 0.6 is 0 Å². The van der Waals surface area contributed by atoms with Crippen molar-refractivity contribution < 1.29 is 74.3 Å². The average molecular weight is 853 g/mol. The third kappa shape index (κ3) is 8.69. The number of piperidine rings is 1. The molecule has 12 unspecified atom stereocenters. The summed E-state index contributed by atoms with van der Waals surface area (Å²) in [5.74, 6) is -7.22. The maximum Gasteiger partial charge on any atom is 0.341 e. The predicted molar refractivity (Wildman–Crippen MR) is 210 cm³/mol. The number of aliphatic hydroxyl groups is 6. The zero-order valence-electron chi connectivity index (χ0n) is 35.0. The molecule has 0 bridgehead atoms. The molecule has 0 aromatic rings. The Labute approximate surface area is 350 Å². The van der Waals surface area contributed by atoms with Gasteiger partial charge in [0.1, 0.15) is 41.6 Å². The summed E-state index contributed by atoms with van der Waals surface area (Å²) in [5.41, 5.74) is 10.0. The van der Waals surface area contributed by atoms with Gasteiger partial charge in [-0.3, -0.25) is 45.9 Å². The number of nitrogens with two attached hydrogens (primary N) is 3. The molecule has 0 spiro atoms. The monoisotopic (exact) mass is 852 g/mol. The number of methoxy groups -OCH3 is 1. The van der Waals surface area contributed by atoms with Gasteiger partial charge in [0.05, 0.1) is 56.4 Å². The highest BCUT2D eigenvalue weighted by Crippen LogP contribution is 2.53. The Morgan fingerprint density at radius 1 is 1.05 bits per heavy atom. The number of hydrogen-bond donors (Lipinski definition) is 11. The fourth-order valence-electron chi connectivity index (χ4n) is 11.9. The molecule has 3 aliphatic carbocycles. The van der Waals surface area contributed by atoms with E-state index in [2.05, 4.69) is 10.3 Å². The quantitative estimate of drug-likeness (QED) is 0.0441. The van der Waals surface area contributed by atoms with E-state index in [1.54, 1.807) is 7.05 Å². The fraction of sp³-hybridized carbons (Fsp3) is 0.829. The van der Waals surface area contributed by atoms with Gasteiger partial charge in [-0.05, 0) is 42.9 Å². The Balaban J connectivity index is 1.28. The zero-order chi connectivity index (χ0) is 43.8. The summed E-state index contributed by atoms with van der Waals surface area (Å²) >= 11 is 0. The summed E-state index contributed by atoms with van der Waals surface area (Å²) in [6.45, 7) is 3.33. The summed E-state index contributed by atoms with van der Waals surface area (Å²) < 4.78 is 18.5. The summed E-state index contributed by atoms with van der Waals surface area (Å²) in [6.07, 6.45) is -6.09. The number of fused-ring (bicyclic) bond motifs is 2. The number of ketones is 2. The van der Waals surface area contributed by atoms with Gasteiger partial charge in [0.25, 0.3) is 11.8 Å². The first-order valence-electron chi connectivity index (χ1n) is 21.6. The molecule has 2 amide bonds. The molecule has 0 aromatic carbocycles. The van der Waals surface area contributed by atoms with Crippen LogP contribution in [0.2, 0.25) is 0 Å². The normalized spacial score (nSPS) is 43.5. The molecule has 3 heterocycles. The second-order valence-electron chi connectivity index (χ2n) is 18.1. The molecule has 3 saturated carbocycles. The highest BCUT2D eigenvalue weighted by atomic mass is 16.7. The lowest BCUT2D eigenvalue weighted by atomic mass is 9.50. The number of rotatable bonds is 14. The molecule has 0 aromatic heterocycles. The number of nitrogens with one attached hydrogen (secondary N) is 2. The summed E-state index contributed by atoms with van der Waals surface area (Å²) in [6, 6.07) is -0.532. The number of carbonyl (C=O) groups is 4. The van der Waals surface area contributed by atoms with Crippen molar-refractivity contribution in [3.05, 3.63) is 12.2 Å². The standard InChI is InChI=1S/C41H66N6O13/c1-5-21-24(58-4)14-25(33-31(21)34(52)22-12-18(2)30(35(53)32(22)36(33)54)23(9-11-48)46-40(43)44-3)59-39-37(55)38(56)41(57,26(17-49)60-39)15-20(19-8-10-45-27(42)13-19)16-47-28(50)6-7-29(47)51/h6-7,18-27,30-33,35,37-39,45,48-49,53,55-57H,5,8-17,42H2,1-4H3,(H3,43,44,46)/p+2/t18?,19?,20-,21?,22?,23+,24?,25?,26-,27?,30?,31?,32?,33?,35?,37-,38-,39+,41-/m1/s1. The number of Topliss-reactive ketones (excluding diaryl/α,β-unsaturated/α-hetero) is 2. The van der Waals surface area contributed by atoms with E-state index in [-0.39, 0.29) is 73.9 Å². The number of amides is 2. The second kappa shape index (κ2) is 19.2. The van der Waals surface area contributed by atoms with E-state index in [9.17, 15) is 49.8 Å². The van der Waals surface area contributed by atoms with Crippen molar-refractivity contribution >= 4 is 29.3 Å². The van der Waals surface area contributed by atoms with Crippen LogP contribution in [0.15, 0.2) is 12.2 Å². The van der Waals surface area contributed by atoms with E-state index in [0.29, 0.717) is 32.2 Å². The first-order chi connectivity index (χ1) is 28.5. The molecule has 19 heteroatoms. The van der Waals surface area contributed by atoms with E-state index in [4.69, 9.17) is 25.7 Å². The van der Waals surface area contributed by atoms with Crippen LogP contribution in [0.5, 0.6) is 0 Å². The molecule has 5 fully saturated rings. The van der Waals surface area contributed by atoms with Gasteiger partial charge < -0.3 is 50.2 Å². The molecule has 0 radical (unpaired) electrons. The van der Waals surface area contributed by atoms with Crippen molar-refractivity contribution in [3.8, 4) is 0 Å². The summed E-state index contributed by atoms with van der Waals surface area (Å²) in [5, 5.41) is 73.6. The fourth-order valence-corrected chi connectivity index (χ4v) is 11.9. The smallest absolute Gasteiger partial charge is 0.341 e. The number of carbonyl (C=O) groups excluding carboxylic acids is 4. The molecule has 19 nitrogen and oxygen atoms in total. The minimum Gasteiger partial charge on any atom is -0.396 e. The Kier molecular flexibility index (Phi) is 14.9. The van der Waals surface area contributed by atoms with Gasteiger partial charge in [0.2, 0.25) is 0 Å². The van der Waals surface area contributed by atoms with Crippen LogP contribution in [0.25, 0.3) is 0 Å². The Bertz CT molecular complexity index is 1610. The summed E-state index contributed by atoms with van der Waals surface area (Å²) in [4.78, 5) is 58.8. The number of aliphatic hydroxyl groups excluding tert-OH is 5. The molecular weight excluding hydrogens is 784 g/mol. The molecule has 3 aliphatic heterocycles. The van der Waals surface area contributed by atoms with Crippen LogP contribution in [-0.4, -0.2) is 166 Å². The average Bonchev–Trinajstić information content (AvgIpc) is 3.54. The van der Waals surface area contributed by atoms with Crippen LogP contribution in [0.1, 0.15) is 58.8 Å². The molecule has 6 aliphatic rings. The first-order valence-corrected chi connectivity index (χ1v) is 21.6. The molecule has 14 N–H and O–H groups in total. The van der Waals surface area contributed by atoms with Gasteiger partial charge in [0.15, 0.2) is 6.29 Å². The van der Waals surface area contributed by atoms with Crippen LogP contribution in [-0.2, 0) is 33.4 Å². The number of ether oxygens (including phenoxy) is 3. The van der Waals surface area contributed by atoms with Crippen LogP contribution < -0.4 is 27.1 Å². The second-order valence-corrected chi connectivity index (χ2v) is 18.1. The highest BCUT2D eigenvalue weighted by Gasteiger charge is 2.64. The molecule has 60 heavy (non-hydrogen) atoms. The van der Waals surface area contributed by atoms with Crippen molar-refractivity contribution in [1.82, 2.24) is 10.2 Å². The van der Waals surface area contributed by atoms with E-state index in [1.165, 1.54) is 7.11 Å². The minimum atomic E-state index is -2.30. The Morgan fingerprint density at radius 2 is 1.75 bits per heavy atom. The molecule has 338 valence electrons. The number of imide groups is 1. The number of guanidine groups is 1. The zero-order valence-corrected chi connectivity index (χ0v) is 35.0. The van der Waals surface area contributed by atoms with E-state index in [0.717, 1.165) is 17.1 Å². The van der Waals surface area contributed by atoms with Crippen LogP contribution in [0.4, 0.5) is 0 Å². The van der Waals surface area contributed by atoms with Crippen molar-refractivity contribution in [3.63, 3.8) is 0 Å². The molecule has 19 atom stereocenters. The Hall–Kier alpha value is -2.95. The van der Waals surface area contributed by atoms with Gasteiger partial charge in [-0.1, -0.05) is 20.3 Å². The third-order valence-corrected chi connectivity index (χ3v) is 14.9. The van der Waals surface area contributed by atoms with Gasteiger partial charge in [-0.2, -0.15) is 0 Å². The largest absolute Gasteiger partial charge is 0.396 e. The van der Waals surface area contributed by atoms with Crippen LogP contribution in [0.3, 0.4) is 0 Å². The highest BCUT2D eigenvalue weighted by molar-refractivity contribution is 6.12. The first kappa shape index (κ1) is 46.6. The molecular formula is C41H68N6O13+2. The number of nitrogens with zero attached hydrogens (tertiary/aromatic N) is 1. The maximum atomic E-state index is 15.0. The lowest BCUT2D eigenvalue weighted by molar-refractivity contribution is -0.699. The van der Waals surface area contributed by atoms with Crippen LogP contribution in [0, 0.1) is 53.3 Å². The third-order valence-electron chi connectivity index (χ3n) is 14.9. The van der Waals surface area contributed by atoms with Gasteiger partial charge >= 0.3 is 5.96 Å². The van der Waals surface area contributed by atoms with Gasteiger partial charge in [0, 0.05) is 69.4 Å². The van der Waals surface area contributed by atoms with E-state index < -0.39 is 108 Å². The molecule has 2 saturated heterocycles. The summed E-state index contributed by atoms with van der Waals surface area (Å²) in [7, 11) is 3.13. The van der Waals surface area contributed by atoms with E-state index in [1.807, 2.05) is 19.2 Å². The number of quaternary nitrogens is 1. The topological polar surface area (TPSA) is 315 Å². The SMILES string of the molecule is CCC1C(OC)CC(O[C@H]2O[C@H](CO)[C@](O)(C[C@H](CN3C(=O)C=CC3=O)C3CC[NH2+]C(N)C3)[C@H](O)[C@H]2O)C2C(=O)C3C(CC(C)C([C@H](CCO)NC(N)=[NH+]C)C3O)C(=O)C12. The predicted octanol–water partition coefficient (Wildman–Crippen LogP) is -5.82. The van der Waals surface area contributed by atoms with Gasteiger partial charge in [-0.15, -0.1) is 0 Å². The minimum absolute atomic E-state index is 0.0918. The van der Waals surface area contributed by atoms with E-state index >= 15 is 0 Å². The molecule has 6 rings (SSSR count). The van der Waals surface area contributed by atoms with Crippen molar-refractivity contribution in [2.24, 2.45) is 64.7 Å². The van der Waals surface area contributed by atoms with Gasteiger partial charge in [-0.25, -0.2) is 0 Å². The lowest BCUT2D eigenvalue weighted by Gasteiger charge is -2.55. The maximum absolute atomic E-state index is 15.0. The van der Waals surface area contributed by atoms with Crippen molar-refractivity contribution in [2.45, 2.75) is 120 Å². The lowest BCUT2D eigenvalue weighted by Crippen LogP contribution is -2.94. The Morgan fingerprint density at radius 3 is 2.35 bits per heavy atom.